The number of thiophene rings is 1. The van der Waals surface area contributed by atoms with Crippen LogP contribution >= 0.6 is 11.3 Å². The molecule has 2 aliphatic rings. The van der Waals surface area contributed by atoms with Gasteiger partial charge in [-0.3, -0.25) is 9.59 Å². The maximum absolute atomic E-state index is 13.8. The zero-order valence-corrected chi connectivity index (χ0v) is 20.4. The highest BCUT2D eigenvalue weighted by Gasteiger charge is 2.36. The number of likely N-dealkylation sites (tertiary alicyclic amines) is 1. The highest BCUT2D eigenvalue weighted by Crippen LogP contribution is 2.40. The summed E-state index contributed by atoms with van der Waals surface area (Å²) in [5.41, 5.74) is 1.95. The van der Waals surface area contributed by atoms with Crippen LogP contribution < -0.4 is 4.90 Å². The fourth-order valence-electron chi connectivity index (χ4n) is 4.81. The van der Waals surface area contributed by atoms with Crippen LogP contribution in [0, 0.1) is 5.92 Å². The van der Waals surface area contributed by atoms with Gasteiger partial charge in [-0.25, -0.2) is 4.79 Å². The van der Waals surface area contributed by atoms with E-state index in [2.05, 4.69) is 19.9 Å². The Morgan fingerprint density at radius 3 is 2.59 bits per heavy atom. The molecule has 0 bridgehead atoms. The summed E-state index contributed by atoms with van der Waals surface area (Å²) in [7, 11) is 1.39. The summed E-state index contributed by atoms with van der Waals surface area (Å²) in [6.45, 7) is 5.40. The van der Waals surface area contributed by atoms with Gasteiger partial charge in [0.25, 0.3) is 0 Å². The quantitative estimate of drug-likeness (QED) is 0.372. The molecule has 1 aromatic rings. The van der Waals surface area contributed by atoms with E-state index in [-0.39, 0.29) is 23.8 Å². The number of esters is 1. The first-order valence-electron chi connectivity index (χ1n) is 12.0. The van der Waals surface area contributed by atoms with Crippen molar-refractivity contribution in [1.82, 2.24) is 4.90 Å². The Morgan fingerprint density at radius 1 is 1.28 bits per heavy atom. The van der Waals surface area contributed by atoms with E-state index < -0.39 is 0 Å². The molecule has 32 heavy (non-hydrogen) atoms. The Labute approximate surface area is 195 Å². The monoisotopic (exact) mass is 460 g/mol. The largest absolute Gasteiger partial charge is 0.465 e. The van der Waals surface area contributed by atoms with Crippen molar-refractivity contribution in [2.24, 2.45) is 5.92 Å². The lowest BCUT2D eigenvalue weighted by Gasteiger charge is -2.38. The number of piperidine rings is 1. The molecule has 1 saturated heterocycles. The molecule has 1 aliphatic carbocycles. The second-order valence-electron chi connectivity index (χ2n) is 8.77. The normalized spacial score (nSPS) is 18.1. The van der Waals surface area contributed by atoms with Crippen molar-refractivity contribution in [3.8, 4) is 0 Å². The van der Waals surface area contributed by atoms with Gasteiger partial charge in [-0.1, -0.05) is 26.3 Å². The molecule has 1 aromatic heterocycles. The molecule has 3 rings (SSSR count). The Morgan fingerprint density at radius 2 is 2.03 bits per heavy atom. The molecule has 1 atom stereocenters. The summed E-state index contributed by atoms with van der Waals surface area (Å²) >= 11 is 1.44. The Balaban J connectivity index is 2.05. The van der Waals surface area contributed by atoms with Gasteiger partial charge in [-0.2, -0.15) is 0 Å². The van der Waals surface area contributed by atoms with Crippen molar-refractivity contribution in [3.05, 3.63) is 21.9 Å². The lowest BCUT2D eigenvalue weighted by Crippen LogP contribution is -2.49. The van der Waals surface area contributed by atoms with Crippen molar-refractivity contribution in [3.63, 3.8) is 0 Å². The van der Waals surface area contributed by atoms with E-state index in [1.807, 2.05) is 11.0 Å². The number of allylic oxidation sites excluding steroid dienone is 2. The summed E-state index contributed by atoms with van der Waals surface area (Å²) in [5, 5.41) is 0. The third kappa shape index (κ3) is 5.42. The summed E-state index contributed by atoms with van der Waals surface area (Å²) in [6, 6.07) is 2.01. The topological polar surface area (TPSA) is 66.9 Å². The van der Waals surface area contributed by atoms with Crippen LogP contribution in [0.4, 0.5) is 5.69 Å². The van der Waals surface area contributed by atoms with Crippen molar-refractivity contribution >= 4 is 40.9 Å². The molecule has 2 amide bonds. The number of rotatable bonds is 9. The minimum Gasteiger partial charge on any atom is -0.465 e. The van der Waals surface area contributed by atoms with Gasteiger partial charge in [0.15, 0.2) is 0 Å². The average Bonchev–Trinajstić information content (AvgIpc) is 3.28. The van der Waals surface area contributed by atoms with Crippen LogP contribution in [0.3, 0.4) is 0 Å². The molecule has 7 heteroatoms. The zero-order chi connectivity index (χ0) is 23.1. The first kappa shape index (κ1) is 24.5. The smallest absolute Gasteiger partial charge is 0.350 e. The van der Waals surface area contributed by atoms with Gasteiger partial charge in [0, 0.05) is 29.9 Å². The van der Waals surface area contributed by atoms with Gasteiger partial charge in [-0.05, 0) is 63.0 Å². The maximum atomic E-state index is 13.8. The summed E-state index contributed by atoms with van der Waals surface area (Å²) in [5.74, 6) is -0.378. The minimum absolute atomic E-state index is 0.0317. The van der Waals surface area contributed by atoms with Crippen molar-refractivity contribution in [2.75, 3.05) is 25.1 Å². The lowest BCUT2D eigenvalue weighted by atomic mass is 9.94. The maximum Gasteiger partial charge on any atom is 0.350 e. The molecule has 0 aromatic carbocycles. The number of anilines is 1. The van der Waals surface area contributed by atoms with Crippen LogP contribution in [0.5, 0.6) is 0 Å². The molecule has 1 unspecified atom stereocenters. The predicted molar refractivity (Wildman–Crippen MR) is 129 cm³/mol. The molecule has 176 valence electrons. The van der Waals surface area contributed by atoms with Gasteiger partial charge in [0.1, 0.15) is 4.88 Å². The van der Waals surface area contributed by atoms with E-state index in [1.165, 1.54) is 30.4 Å². The van der Waals surface area contributed by atoms with Crippen LogP contribution in [0.1, 0.15) is 86.2 Å². The molecule has 0 radical (unpaired) electrons. The van der Waals surface area contributed by atoms with Crippen molar-refractivity contribution in [2.45, 2.75) is 77.7 Å². The molecule has 2 heterocycles. The number of carbonyl (C=O) groups is 3. The van der Waals surface area contributed by atoms with Crippen molar-refractivity contribution in [1.29, 1.82) is 0 Å². The van der Waals surface area contributed by atoms with Gasteiger partial charge < -0.3 is 14.5 Å². The molecule has 1 fully saturated rings. The van der Waals surface area contributed by atoms with Gasteiger partial charge in [-0.15, -0.1) is 11.3 Å². The van der Waals surface area contributed by atoms with Gasteiger partial charge in [0.2, 0.25) is 12.3 Å². The molecule has 1 aliphatic heterocycles. The number of methoxy groups -OCH3 is 1. The number of ether oxygens (including phenoxy) is 1. The first-order valence-corrected chi connectivity index (χ1v) is 12.8. The second kappa shape index (κ2) is 11.6. The fraction of sp³-hybridized carbons (Fsp3) is 0.640. The zero-order valence-electron chi connectivity index (χ0n) is 19.6. The van der Waals surface area contributed by atoms with E-state index in [0.717, 1.165) is 49.8 Å². The lowest BCUT2D eigenvalue weighted by molar-refractivity contribution is -0.123. The van der Waals surface area contributed by atoms with Crippen LogP contribution in [-0.4, -0.2) is 49.4 Å². The number of hydrogen-bond donors (Lipinski definition) is 0. The summed E-state index contributed by atoms with van der Waals surface area (Å²) in [4.78, 5) is 43.1. The van der Waals surface area contributed by atoms with E-state index in [4.69, 9.17) is 4.74 Å². The number of amides is 2. The van der Waals surface area contributed by atoms with Crippen LogP contribution in [0.25, 0.3) is 5.57 Å². The number of carbonyl (C=O) groups excluding carboxylic acids is 3. The third-order valence-electron chi connectivity index (χ3n) is 6.68. The van der Waals surface area contributed by atoms with E-state index >= 15 is 0 Å². The van der Waals surface area contributed by atoms with E-state index in [9.17, 15) is 14.4 Å². The Hall–Kier alpha value is -2.15. The first-order chi connectivity index (χ1) is 15.5. The molecule has 0 N–H and O–H groups in total. The van der Waals surface area contributed by atoms with Crippen LogP contribution in [0.15, 0.2) is 12.1 Å². The highest BCUT2D eigenvalue weighted by atomic mass is 32.1. The molecule has 6 nitrogen and oxygen atoms in total. The SMILES string of the molecule is CCCC(CC)C(=O)N(c1cc(C2=CCCCC2)sc1C(=O)OC)C1CCN(C=O)CC1. The minimum atomic E-state index is -0.390. The summed E-state index contributed by atoms with van der Waals surface area (Å²) in [6.07, 6.45) is 11.5. The van der Waals surface area contributed by atoms with Gasteiger partial charge in [0.05, 0.1) is 12.8 Å². The molecule has 0 saturated carbocycles. The third-order valence-corrected chi connectivity index (χ3v) is 7.86. The summed E-state index contributed by atoms with van der Waals surface area (Å²) < 4.78 is 5.12. The Bertz CT molecular complexity index is 839. The van der Waals surface area contributed by atoms with E-state index in [0.29, 0.717) is 36.5 Å². The van der Waals surface area contributed by atoms with Gasteiger partial charge >= 0.3 is 5.97 Å². The molecule has 0 spiro atoms. The number of hydrogen-bond acceptors (Lipinski definition) is 5. The van der Waals surface area contributed by atoms with E-state index in [1.54, 1.807) is 4.90 Å². The fourth-order valence-corrected chi connectivity index (χ4v) is 5.95. The Kier molecular flexibility index (Phi) is 8.91. The molecular formula is C25H36N2O4S. The second-order valence-corrected chi connectivity index (χ2v) is 9.82. The predicted octanol–water partition coefficient (Wildman–Crippen LogP) is 5.27. The highest BCUT2D eigenvalue weighted by molar-refractivity contribution is 7.15. The van der Waals surface area contributed by atoms with Crippen LogP contribution in [-0.2, 0) is 14.3 Å². The molecular weight excluding hydrogens is 424 g/mol. The standard InChI is InChI=1S/C25H36N2O4S/c1-4-9-18(5-2)24(29)27(20-12-14-26(17-28)15-13-20)21-16-22(19-10-7-6-8-11-19)32-23(21)25(30)31-3/h10,16-18,20H,4-9,11-15H2,1-3H3. The average molecular weight is 461 g/mol. The van der Waals surface area contributed by atoms with Crippen molar-refractivity contribution < 1.29 is 19.1 Å². The van der Waals surface area contributed by atoms with Crippen LogP contribution in [0.2, 0.25) is 0 Å². The number of nitrogens with zero attached hydrogens (tertiary/aromatic N) is 2.